The van der Waals surface area contributed by atoms with Crippen LogP contribution in [0.1, 0.15) is 12.1 Å². The molecule has 0 unspecified atom stereocenters. The second-order valence-corrected chi connectivity index (χ2v) is 3.93. The van der Waals surface area contributed by atoms with E-state index < -0.39 is 25.3 Å². The van der Waals surface area contributed by atoms with Crippen molar-refractivity contribution in [1.29, 1.82) is 0 Å². The van der Waals surface area contributed by atoms with Crippen molar-refractivity contribution < 1.29 is 27.9 Å². The topological polar surface area (TPSA) is 69.7 Å². The molecule has 0 amide bonds. The molecule has 2 N–H and O–H groups in total. The van der Waals surface area contributed by atoms with Gasteiger partial charge in [-0.2, -0.15) is 13.2 Å². The first kappa shape index (κ1) is 14.9. The van der Waals surface area contributed by atoms with Crippen molar-refractivity contribution in [2.24, 2.45) is 0 Å². The average Bonchev–Trinajstić information content (AvgIpc) is 2.77. The van der Waals surface area contributed by atoms with Crippen LogP contribution in [0.5, 0.6) is 0 Å². The van der Waals surface area contributed by atoms with Gasteiger partial charge in [-0.15, -0.1) is 0 Å². The molecule has 0 bridgehead atoms. The SMILES string of the molecule is OC[C@@H](O)CN(CCC(F)(F)F)Cc1ccon1. The van der Waals surface area contributed by atoms with Crippen molar-refractivity contribution in [3.63, 3.8) is 0 Å². The molecule has 0 aliphatic rings. The van der Waals surface area contributed by atoms with Crippen LogP contribution in [0.15, 0.2) is 16.9 Å². The Kier molecular flexibility index (Phi) is 5.57. The summed E-state index contributed by atoms with van der Waals surface area (Å²) in [5, 5.41) is 21.6. The highest BCUT2D eigenvalue weighted by molar-refractivity contribution is 4.95. The number of aliphatic hydroxyl groups excluding tert-OH is 2. The van der Waals surface area contributed by atoms with Gasteiger partial charge in [0.25, 0.3) is 0 Å². The first-order valence-corrected chi connectivity index (χ1v) is 5.38. The molecule has 1 aromatic heterocycles. The molecular formula is C10H15F3N2O3. The molecular weight excluding hydrogens is 253 g/mol. The van der Waals surface area contributed by atoms with Crippen LogP contribution in [0.3, 0.4) is 0 Å². The van der Waals surface area contributed by atoms with Gasteiger partial charge in [-0.3, -0.25) is 4.90 Å². The first-order chi connectivity index (χ1) is 8.40. The normalized spacial score (nSPS) is 14.1. The molecule has 0 spiro atoms. The highest BCUT2D eigenvalue weighted by Gasteiger charge is 2.28. The van der Waals surface area contributed by atoms with Gasteiger partial charge in [-0.25, -0.2) is 0 Å². The molecule has 0 saturated carbocycles. The Morgan fingerprint density at radius 3 is 2.67 bits per heavy atom. The molecule has 5 nitrogen and oxygen atoms in total. The maximum atomic E-state index is 12.1. The number of halogens is 3. The molecule has 104 valence electrons. The van der Waals surface area contributed by atoms with Crippen molar-refractivity contribution in [1.82, 2.24) is 10.1 Å². The van der Waals surface area contributed by atoms with E-state index in [2.05, 4.69) is 9.68 Å². The Bertz CT molecular complexity index is 330. The lowest BCUT2D eigenvalue weighted by Crippen LogP contribution is -2.36. The summed E-state index contributed by atoms with van der Waals surface area (Å²) in [6, 6.07) is 1.53. The number of rotatable bonds is 7. The summed E-state index contributed by atoms with van der Waals surface area (Å²) >= 11 is 0. The minimum Gasteiger partial charge on any atom is -0.394 e. The molecule has 0 saturated heterocycles. The minimum atomic E-state index is -4.26. The molecule has 1 rings (SSSR count). The van der Waals surface area contributed by atoms with Crippen molar-refractivity contribution in [3.05, 3.63) is 18.0 Å². The molecule has 18 heavy (non-hydrogen) atoms. The number of hydrogen-bond acceptors (Lipinski definition) is 5. The standard InChI is InChI=1S/C10H15F3N2O3/c11-10(12,13)2-3-15(6-9(17)7-16)5-8-1-4-18-14-8/h1,4,9,16-17H,2-3,5-7H2/t9-/m0/s1. The Hall–Kier alpha value is -1.12. The summed E-state index contributed by atoms with van der Waals surface area (Å²) in [6.07, 6.45) is -5.00. The molecule has 0 aliphatic heterocycles. The van der Waals surface area contributed by atoms with Crippen molar-refractivity contribution in [2.75, 3.05) is 19.7 Å². The molecule has 0 aliphatic carbocycles. The third kappa shape index (κ3) is 5.99. The third-order valence-electron chi connectivity index (χ3n) is 2.27. The molecule has 1 aromatic rings. The predicted octanol–water partition coefficient (Wildman–Crippen LogP) is 0.782. The zero-order chi connectivity index (χ0) is 13.6. The van der Waals surface area contributed by atoms with E-state index >= 15 is 0 Å². The van der Waals surface area contributed by atoms with E-state index in [1.807, 2.05) is 0 Å². The molecule has 0 fully saturated rings. The molecule has 0 aromatic carbocycles. The summed E-state index contributed by atoms with van der Waals surface area (Å²) in [6.45, 7) is -0.697. The fourth-order valence-electron chi connectivity index (χ4n) is 1.42. The smallest absolute Gasteiger partial charge is 0.390 e. The third-order valence-corrected chi connectivity index (χ3v) is 2.27. The minimum absolute atomic E-state index is 0.0561. The second-order valence-electron chi connectivity index (χ2n) is 3.93. The van der Waals surface area contributed by atoms with E-state index in [0.717, 1.165) is 0 Å². The number of alkyl halides is 3. The lowest BCUT2D eigenvalue weighted by molar-refractivity contribution is -0.139. The summed E-state index contributed by atoms with van der Waals surface area (Å²) in [7, 11) is 0. The Balaban J connectivity index is 2.51. The van der Waals surface area contributed by atoms with Gasteiger partial charge in [0.15, 0.2) is 0 Å². The zero-order valence-corrected chi connectivity index (χ0v) is 9.60. The van der Waals surface area contributed by atoms with Gasteiger partial charge in [-0.05, 0) is 0 Å². The quantitative estimate of drug-likeness (QED) is 0.765. The largest absolute Gasteiger partial charge is 0.394 e. The lowest BCUT2D eigenvalue weighted by atomic mass is 10.2. The van der Waals surface area contributed by atoms with Gasteiger partial charge >= 0.3 is 6.18 Å². The molecule has 8 heteroatoms. The van der Waals surface area contributed by atoms with E-state index in [9.17, 15) is 18.3 Å². The summed E-state index contributed by atoms with van der Waals surface area (Å²) in [4.78, 5) is 1.37. The fraction of sp³-hybridized carbons (Fsp3) is 0.700. The van der Waals surface area contributed by atoms with Gasteiger partial charge in [0.05, 0.1) is 24.8 Å². The molecule has 1 atom stereocenters. The van der Waals surface area contributed by atoms with Crippen LogP contribution in [0.4, 0.5) is 13.2 Å². The van der Waals surface area contributed by atoms with Gasteiger partial charge < -0.3 is 14.7 Å². The molecule has 1 heterocycles. The van der Waals surface area contributed by atoms with Gasteiger partial charge in [0, 0.05) is 25.7 Å². The maximum Gasteiger partial charge on any atom is 0.390 e. The summed E-state index contributed by atoms with van der Waals surface area (Å²) in [5.41, 5.74) is 0.474. The Labute approximate surface area is 102 Å². The van der Waals surface area contributed by atoms with Crippen molar-refractivity contribution in [3.8, 4) is 0 Å². The van der Waals surface area contributed by atoms with E-state index in [4.69, 9.17) is 5.11 Å². The predicted molar refractivity (Wildman–Crippen MR) is 55.5 cm³/mol. The fourth-order valence-corrected chi connectivity index (χ4v) is 1.42. The number of aromatic nitrogens is 1. The maximum absolute atomic E-state index is 12.1. The Morgan fingerprint density at radius 2 is 2.17 bits per heavy atom. The zero-order valence-electron chi connectivity index (χ0n) is 9.60. The van der Waals surface area contributed by atoms with Crippen molar-refractivity contribution >= 4 is 0 Å². The van der Waals surface area contributed by atoms with E-state index in [0.29, 0.717) is 5.69 Å². The van der Waals surface area contributed by atoms with Crippen molar-refractivity contribution in [2.45, 2.75) is 25.2 Å². The van der Waals surface area contributed by atoms with E-state index in [-0.39, 0.29) is 19.6 Å². The van der Waals surface area contributed by atoms with E-state index in [1.165, 1.54) is 17.2 Å². The van der Waals surface area contributed by atoms with Crippen LogP contribution in [0.2, 0.25) is 0 Å². The number of aliphatic hydroxyl groups is 2. The lowest BCUT2D eigenvalue weighted by Gasteiger charge is -2.23. The Morgan fingerprint density at radius 1 is 1.44 bits per heavy atom. The van der Waals surface area contributed by atoms with Crippen LogP contribution in [-0.2, 0) is 6.54 Å². The van der Waals surface area contributed by atoms with Crippen LogP contribution < -0.4 is 0 Å². The van der Waals surface area contributed by atoms with Crippen LogP contribution >= 0.6 is 0 Å². The average molecular weight is 268 g/mol. The van der Waals surface area contributed by atoms with Crippen LogP contribution in [-0.4, -0.2) is 52.2 Å². The second kappa shape index (κ2) is 6.72. The summed E-state index contributed by atoms with van der Waals surface area (Å²) in [5.74, 6) is 0. The van der Waals surface area contributed by atoms with Gasteiger partial charge in [0.2, 0.25) is 0 Å². The first-order valence-electron chi connectivity index (χ1n) is 5.38. The van der Waals surface area contributed by atoms with E-state index in [1.54, 1.807) is 0 Å². The highest BCUT2D eigenvalue weighted by atomic mass is 19.4. The monoisotopic (exact) mass is 268 g/mol. The van der Waals surface area contributed by atoms with Gasteiger partial charge in [0.1, 0.15) is 6.26 Å². The van der Waals surface area contributed by atoms with Gasteiger partial charge in [-0.1, -0.05) is 5.16 Å². The van der Waals surface area contributed by atoms with Crippen LogP contribution in [0.25, 0.3) is 0 Å². The number of nitrogens with zero attached hydrogens (tertiary/aromatic N) is 2. The molecule has 0 radical (unpaired) electrons. The highest BCUT2D eigenvalue weighted by Crippen LogP contribution is 2.20. The summed E-state index contributed by atoms with van der Waals surface area (Å²) < 4.78 is 41.0. The van der Waals surface area contributed by atoms with Crippen LogP contribution in [0, 0.1) is 0 Å². The number of hydrogen-bond donors (Lipinski definition) is 2.